The Balaban J connectivity index is 2.02. The highest BCUT2D eigenvalue weighted by Gasteiger charge is 2.27. The first-order chi connectivity index (χ1) is 8.08. The number of halogens is 1. The summed E-state index contributed by atoms with van der Waals surface area (Å²) in [5.74, 6) is 0.431. The van der Waals surface area contributed by atoms with Gasteiger partial charge in [0.25, 0.3) is 0 Å². The van der Waals surface area contributed by atoms with E-state index < -0.39 is 0 Å². The first-order valence-corrected chi connectivity index (χ1v) is 7.28. The molecular weight excluding hydrogens is 302 g/mol. The van der Waals surface area contributed by atoms with Crippen LogP contribution in [0.25, 0.3) is 0 Å². The quantitative estimate of drug-likeness (QED) is 0.840. The predicted octanol–water partition coefficient (Wildman–Crippen LogP) is 3.23. The van der Waals surface area contributed by atoms with Gasteiger partial charge in [-0.1, -0.05) is 0 Å². The summed E-state index contributed by atoms with van der Waals surface area (Å²) < 4.78 is 0.996. The summed E-state index contributed by atoms with van der Waals surface area (Å²) in [5.41, 5.74) is 0. The summed E-state index contributed by atoms with van der Waals surface area (Å²) in [6.45, 7) is 0. The highest BCUT2D eigenvalue weighted by molar-refractivity contribution is 9.10. The number of carbonyl (C=O) groups is 2. The molecule has 0 bridgehead atoms. The molecule has 92 valence electrons. The molecule has 1 aliphatic carbocycles. The molecular formula is C12H14BrNO2S. The second-order valence-electron chi connectivity index (χ2n) is 4.31. The Bertz CT molecular complexity index is 433. The zero-order valence-corrected chi connectivity index (χ0v) is 12.0. The van der Waals surface area contributed by atoms with Crippen LogP contribution in [0, 0.1) is 5.92 Å². The first kappa shape index (κ1) is 12.8. The van der Waals surface area contributed by atoms with E-state index in [1.165, 1.54) is 0 Å². The van der Waals surface area contributed by atoms with Gasteiger partial charge in [-0.05, 0) is 34.8 Å². The van der Waals surface area contributed by atoms with Crippen LogP contribution in [0.2, 0.25) is 0 Å². The highest BCUT2D eigenvalue weighted by Crippen LogP contribution is 2.30. The lowest BCUT2D eigenvalue weighted by Gasteiger charge is -2.25. The van der Waals surface area contributed by atoms with Gasteiger partial charge in [-0.2, -0.15) is 0 Å². The molecule has 1 heterocycles. The molecule has 5 heteroatoms. The standard InChI is InChI=1S/C12H14BrNO2S/c1-14(11-6-9(13)7-17-11)12(16)8-2-4-10(15)5-3-8/h6-8H,2-5H2,1H3. The van der Waals surface area contributed by atoms with Crippen molar-refractivity contribution in [1.82, 2.24) is 0 Å². The Morgan fingerprint density at radius 2 is 2.12 bits per heavy atom. The SMILES string of the molecule is CN(C(=O)C1CCC(=O)CC1)c1cc(Br)cs1. The van der Waals surface area contributed by atoms with Gasteiger partial charge in [0.15, 0.2) is 0 Å². The van der Waals surface area contributed by atoms with Gasteiger partial charge >= 0.3 is 0 Å². The van der Waals surface area contributed by atoms with Crippen molar-refractivity contribution in [3.63, 3.8) is 0 Å². The van der Waals surface area contributed by atoms with E-state index in [-0.39, 0.29) is 17.6 Å². The van der Waals surface area contributed by atoms with Crippen LogP contribution in [0.4, 0.5) is 5.00 Å². The van der Waals surface area contributed by atoms with Crippen LogP contribution in [-0.2, 0) is 9.59 Å². The van der Waals surface area contributed by atoms with Crippen LogP contribution in [0.3, 0.4) is 0 Å². The maximum Gasteiger partial charge on any atom is 0.230 e. The second kappa shape index (κ2) is 5.31. The summed E-state index contributed by atoms with van der Waals surface area (Å²) >= 11 is 4.92. The molecule has 0 atom stereocenters. The third-order valence-corrected chi connectivity index (χ3v) is 4.87. The van der Waals surface area contributed by atoms with Crippen molar-refractivity contribution in [2.45, 2.75) is 25.7 Å². The van der Waals surface area contributed by atoms with Crippen LogP contribution >= 0.6 is 27.3 Å². The minimum Gasteiger partial charge on any atom is -0.307 e. The lowest BCUT2D eigenvalue weighted by molar-refractivity contribution is -0.126. The monoisotopic (exact) mass is 315 g/mol. The molecule has 1 aromatic heterocycles. The molecule has 0 N–H and O–H groups in total. The Labute approximate surface area is 113 Å². The molecule has 1 saturated carbocycles. The molecule has 3 nitrogen and oxygen atoms in total. The summed E-state index contributed by atoms with van der Waals surface area (Å²) in [4.78, 5) is 25.1. The van der Waals surface area contributed by atoms with Gasteiger partial charge in [0.2, 0.25) is 5.91 Å². The smallest absolute Gasteiger partial charge is 0.230 e. The zero-order chi connectivity index (χ0) is 12.4. The van der Waals surface area contributed by atoms with Crippen molar-refractivity contribution in [2.75, 3.05) is 11.9 Å². The molecule has 1 amide bonds. The molecule has 0 saturated heterocycles. The number of amides is 1. The number of hydrogen-bond acceptors (Lipinski definition) is 3. The minimum atomic E-state index is 0.0126. The molecule has 0 aliphatic heterocycles. The highest BCUT2D eigenvalue weighted by atomic mass is 79.9. The number of thiophene rings is 1. The largest absolute Gasteiger partial charge is 0.307 e. The summed E-state index contributed by atoms with van der Waals surface area (Å²) in [6, 6.07) is 1.94. The molecule has 0 spiro atoms. The molecule has 0 unspecified atom stereocenters. The molecule has 0 radical (unpaired) electrons. The maximum atomic E-state index is 12.2. The Kier molecular flexibility index (Phi) is 3.99. The van der Waals surface area contributed by atoms with E-state index in [1.807, 2.05) is 11.4 Å². The van der Waals surface area contributed by atoms with E-state index in [0.29, 0.717) is 25.7 Å². The minimum absolute atomic E-state index is 0.0126. The van der Waals surface area contributed by atoms with Crippen LogP contribution < -0.4 is 4.90 Å². The van der Waals surface area contributed by atoms with Crippen LogP contribution in [-0.4, -0.2) is 18.7 Å². The number of anilines is 1. The van der Waals surface area contributed by atoms with Gasteiger partial charge in [-0.15, -0.1) is 11.3 Å². The summed E-state index contributed by atoms with van der Waals surface area (Å²) in [5, 5.41) is 2.91. The average molecular weight is 316 g/mol. The van der Waals surface area contributed by atoms with E-state index in [4.69, 9.17) is 0 Å². The van der Waals surface area contributed by atoms with Crippen molar-refractivity contribution in [3.05, 3.63) is 15.9 Å². The number of carbonyl (C=O) groups excluding carboxylic acids is 2. The van der Waals surface area contributed by atoms with Gasteiger partial charge in [0.05, 0.1) is 5.00 Å². The maximum absolute atomic E-state index is 12.2. The predicted molar refractivity (Wildman–Crippen MR) is 72.4 cm³/mol. The fraction of sp³-hybridized carbons (Fsp3) is 0.500. The van der Waals surface area contributed by atoms with Gasteiger partial charge in [0.1, 0.15) is 5.78 Å². The topological polar surface area (TPSA) is 37.4 Å². The number of nitrogens with zero attached hydrogens (tertiary/aromatic N) is 1. The summed E-state index contributed by atoms with van der Waals surface area (Å²) in [7, 11) is 1.80. The van der Waals surface area contributed by atoms with E-state index in [0.717, 1.165) is 9.47 Å². The normalized spacial score (nSPS) is 17.2. The molecule has 2 rings (SSSR count). The van der Waals surface area contributed by atoms with Crippen molar-refractivity contribution in [1.29, 1.82) is 0 Å². The van der Waals surface area contributed by atoms with Crippen LogP contribution in [0.15, 0.2) is 15.9 Å². The fourth-order valence-electron chi connectivity index (χ4n) is 2.05. The van der Waals surface area contributed by atoms with Gasteiger partial charge < -0.3 is 4.90 Å². The molecule has 1 aromatic rings. The van der Waals surface area contributed by atoms with Crippen molar-refractivity contribution >= 4 is 44.0 Å². The number of Topliss-reactive ketones (excluding diaryl/α,β-unsaturated/α-hetero) is 1. The average Bonchev–Trinajstić information content (AvgIpc) is 2.75. The second-order valence-corrected chi connectivity index (χ2v) is 6.12. The fourth-order valence-corrected chi connectivity index (χ4v) is 3.44. The van der Waals surface area contributed by atoms with Crippen LogP contribution in [0.5, 0.6) is 0 Å². The lowest BCUT2D eigenvalue weighted by Crippen LogP contribution is -2.34. The van der Waals surface area contributed by atoms with E-state index >= 15 is 0 Å². The third-order valence-electron chi connectivity index (χ3n) is 3.11. The molecule has 1 aliphatic rings. The number of hydrogen-bond donors (Lipinski definition) is 0. The van der Waals surface area contributed by atoms with Crippen molar-refractivity contribution in [2.24, 2.45) is 5.92 Å². The Morgan fingerprint density at radius 1 is 1.47 bits per heavy atom. The van der Waals surface area contributed by atoms with Crippen molar-refractivity contribution < 1.29 is 9.59 Å². The number of rotatable bonds is 2. The Morgan fingerprint density at radius 3 is 2.65 bits per heavy atom. The van der Waals surface area contributed by atoms with Crippen molar-refractivity contribution in [3.8, 4) is 0 Å². The van der Waals surface area contributed by atoms with Gasteiger partial charge in [-0.25, -0.2) is 0 Å². The molecule has 17 heavy (non-hydrogen) atoms. The first-order valence-electron chi connectivity index (χ1n) is 5.61. The third kappa shape index (κ3) is 2.96. The van der Waals surface area contributed by atoms with E-state index in [2.05, 4.69) is 15.9 Å². The van der Waals surface area contributed by atoms with Crippen LogP contribution in [0.1, 0.15) is 25.7 Å². The Hall–Kier alpha value is -0.680. The van der Waals surface area contributed by atoms with Gasteiger partial charge in [0, 0.05) is 35.7 Å². The lowest BCUT2D eigenvalue weighted by atomic mass is 9.87. The number of ketones is 1. The van der Waals surface area contributed by atoms with E-state index in [9.17, 15) is 9.59 Å². The van der Waals surface area contributed by atoms with E-state index in [1.54, 1.807) is 23.3 Å². The molecule has 1 fully saturated rings. The molecule has 0 aromatic carbocycles. The van der Waals surface area contributed by atoms with Gasteiger partial charge in [-0.3, -0.25) is 9.59 Å². The zero-order valence-electron chi connectivity index (χ0n) is 9.61. The summed E-state index contributed by atoms with van der Waals surface area (Å²) in [6.07, 6.45) is 2.51.